The molecule has 0 aliphatic carbocycles. The molecule has 1 aliphatic heterocycles. The molecule has 0 amide bonds. The zero-order chi connectivity index (χ0) is 19.7. The Balaban J connectivity index is 2.64. The van der Waals surface area contributed by atoms with Crippen molar-refractivity contribution in [3.05, 3.63) is 22.8 Å². The maximum atomic E-state index is 11.8. The van der Waals surface area contributed by atoms with Gasteiger partial charge in [-0.05, 0) is 42.2 Å². The van der Waals surface area contributed by atoms with Crippen molar-refractivity contribution in [2.24, 2.45) is 0 Å². The van der Waals surface area contributed by atoms with Gasteiger partial charge in [0.05, 0.1) is 6.61 Å². The molecule has 1 aliphatic rings. The summed E-state index contributed by atoms with van der Waals surface area (Å²) in [6, 6.07) is 2.03. The molecule has 0 bridgehead atoms. The molecule has 1 atom stereocenters. The number of hydrogen-bond acceptors (Lipinski definition) is 4. The van der Waals surface area contributed by atoms with Gasteiger partial charge in [-0.3, -0.25) is 4.79 Å². The van der Waals surface area contributed by atoms with Crippen LogP contribution in [0.5, 0.6) is 11.5 Å². The first-order valence-corrected chi connectivity index (χ1v) is 9.56. The van der Waals surface area contributed by atoms with E-state index in [9.17, 15) is 4.79 Å². The third-order valence-corrected chi connectivity index (χ3v) is 4.69. The van der Waals surface area contributed by atoms with Gasteiger partial charge in [0.2, 0.25) is 0 Å². The van der Waals surface area contributed by atoms with Gasteiger partial charge in [0.1, 0.15) is 11.5 Å². The monoisotopic (exact) mass is 362 g/mol. The van der Waals surface area contributed by atoms with Gasteiger partial charge in [-0.2, -0.15) is 0 Å². The van der Waals surface area contributed by atoms with Crippen LogP contribution in [-0.2, 0) is 20.4 Å². The first kappa shape index (κ1) is 20.8. The topological polar surface area (TPSA) is 44.8 Å². The summed E-state index contributed by atoms with van der Waals surface area (Å²) in [6.07, 6.45) is 2.90. The summed E-state index contributed by atoms with van der Waals surface area (Å²) in [5.41, 5.74) is 2.63. The minimum atomic E-state index is -0.301. The molecule has 1 aromatic carbocycles. The number of ether oxygens (including phenoxy) is 3. The standard InChI is InChI=1S/C22H34O4/c1-14-17(26-18-11-9-10-12-24-18)13-16(21(3,4)5)20(25-15(2)23)19(14)22(6,7)8/h13,18H,9-12H2,1-8H3. The predicted molar refractivity (Wildman–Crippen MR) is 104 cm³/mol. The van der Waals surface area contributed by atoms with E-state index in [1.54, 1.807) is 0 Å². The summed E-state index contributed by atoms with van der Waals surface area (Å²) in [6.45, 7) is 17.0. The molecule has 146 valence electrons. The molecule has 1 aromatic rings. The van der Waals surface area contributed by atoms with Gasteiger partial charge in [-0.1, -0.05) is 41.5 Å². The van der Waals surface area contributed by atoms with Gasteiger partial charge in [-0.15, -0.1) is 0 Å². The highest BCUT2D eigenvalue weighted by Gasteiger charge is 2.32. The van der Waals surface area contributed by atoms with Gasteiger partial charge in [-0.25, -0.2) is 0 Å². The average Bonchev–Trinajstić information content (AvgIpc) is 2.48. The van der Waals surface area contributed by atoms with Crippen molar-refractivity contribution in [2.75, 3.05) is 6.61 Å². The molecule has 0 N–H and O–H groups in total. The van der Waals surface area contributed by atoms with Crippen LogP contribution in [0.15, 0.2) is 6.07 Å². The zero-order valence-electron chi connectivity index (χ0n) is 17.6. The van der Waals surface area contributed by atoms with Crippen molar-refractivity contribution in [1.82, 2.24) is 0 Å². The Hall–Kier alpha value is -1.55. The molecule has 26 heavy (non-hydrogen) atoms. The molecule has 4 nitrogen and oxygen atoms in total. The highest BCUT2D eigenvalue weighted by Crippen LogP contribution is 2.45. The van der Waals surface area contributed by atoms with Crippen molar-refractivity contribution >= 4 is 5.97 Å². The molecule has 1 heterocycles. The summed E-state index contributed by atoms with van der Waals surface area (Å²) >= 11 is 0. The second-order valence-corrected chi connectivity index (χ2v) is 9.26. The maximum Gasteiger partial charge on any atom is 0.308 e. The van der Waals surface area contributed by atoms with Crippen LogP contribution in [0, 0.1) is 6.92 Å². The number of rotatable bonds is 3. The van der Waals surface area contributed by atoms with E-state index in [-0.39, 0.29) is 23.1 Å². The Morgan fingerprint density at radius 3 is 2.23 bits per heavy atom. The van der Waals surface area contributed by atoms with E-state index in [1.807, 2.05) is 13.0 Å². The smallest absolute Gasteiger partial charge is 0.308 e. The third-order valence-electron chi connectivity index (χ3n) is 4.69. The predicted octanol–water partition coefficient (Wildman–Crippen LogP) is 5.42. The van der Waals surface area contributed by atoms with Crippen molar-refractivity contribution in [3.63, 3.8) is 0 Å². The van der Waals surface area contributed by atoms with Crippen LogP contribution in [0.4, 0.5) is 0 Å². The molecule has 0 radical (unpaired) electrons. The van der Waals surface area contributed by atoms with E-state index in [2.05, 4.69) is 41.5 Å². The second-order valence-electron chi connectivity index (χ2n) is 9.26. The first-order valence-electron chi connectivity index (χ1n) is 9.56. The number of hydrogen-bond donors (Lipinski definition) is 0. The van der Waals surface area contributed by atoms with Crippen LogP contribution in [0.2, 0.25) is 0 Å². The third kappa shape index (κ3) is 4.79. The fourth-order valence-corrected chi connectivity index (χ4v) is 3.51. The normalized spacial score (nSPS) is 18.5. The lowest BCUT2D eigenvalue weighted by Crippen LogP contribution is -2.27. The molecular weight excluding hydrogens is 328 g/mol. The molecule has 1 saturated heterocycles. The lowest BCUT2D eigenvalue weighted by molar-refractivity contribution is -0.132. The zero-order valence-corrected chi connectivity index (χ0v) is 17.6. The Labute approximate surface area is 158 Å². The van der Waals surface area contributed by atoms with Crippen molar-refractivity contribution < 1.29 is 19.0 Å². The molecule has 0 aromatic heterocycles. The lowest BCUT2D eigenvalue weighted by Gasteiger charge is -2.33. The molecule has 1 unspecified atom stereocenters. The minimum absolute atomic E-state index is 0.190. The van der Waals surface area contributed by atoms with Crippen molar-refractivity contribution in [3.8, 4) is 11.5 Å². The number of carbonyl (C=O) groups is 1. The fraction of sp³-hybridized carbons (Fsp3) is 0.682. The van der Waals surface area contributed by atoms with E-state index in [0.717, 1.165) is 48.3 Å². The van der Waals surface area contributed by atoms with Crippen LogP contribution >= 0.6 is 0 Å². The molecule has 4 heteroatoms. The van der Waals surface area contributed by atoms with E-state index < -0.39 is 0 Å². The minimum Gasteiger partial charge on any atom is -0.465 e. The van der Waals surface area contributed by atoms with Gasteiger partial charge in [0.25, 0.3) is 0 Å². The molecule has 2 rings (SSSR count). The van der Waals surface area contributed by atoms with E-state index in [1.165, 1.54) is 6.92 Å². The van der Waals surface area contributed by atoms with E-state index in [4.69, 9.17) is 14.2 Å². The summed E-state index contributed by atoms with van der Waals surface area (Å²) in [5.74, 6) is 1.19. The molecular formula is C22H34O4. The molecule has 1 fully saturated rings. The lowest BCUT2D eigenvalue weighted by atomic mass is 9.77. The van der Waals surface area contributed by atoms with Crippen LogP contribution < -0.4 is 9.47 Å². The first-order chi connectivity index (χ1) is 11.9. The Morgan fingerprint density at radius 2 is 1.77 bits per heavy atom. The number of carbonyl (C=O) groups excluding carboxylic acids is 1. The van der Waals surface area contributed by atoms with Crippen LogP contribution in [-0.4, -0.2) is 18.9 Å². The number of benzene rings is 1. The summed E-state index contributed by atoms with van der Waals surface area (Å²) in [7, 11) is 0. The Kier molecular flexibility index (Phi) is 6.06. The average molecular weight is 363 g/mol. The van der Waals surface area contributed by atoms with Crippen LogP contribution in [0.1, 0.15) is 84.4 Å². The fourth-order valence-electron chi connectivity index (χ4n) is 3.51. The summed E-state index contributed by atoms with van der Waals surface area (Å²) in [4.78, 5) is 11.8. The highest BCUT2D eigenvalue weighted by molar-refractivity contribution is 5.72. The quantitative estimate of drug-likeness (QED) is 0.532. The van der Waals surface area contributed by atoms with Gasteiger partial charge < -0.3 is 14.2 Å². The molecule has 0 saturated carbocycles. The summed E-state index contributed by atoms with van der Waals surface area (Å²) < 4.78 is 17.8. The van der Waals surface area contributed by atoms with Crippen molar-refractivity contribution in [1.29, 1.82) is 0 Å². The van der Waals surface area contributed by atoms with Gasteiger partial charge in [0, 0.05) is 24.5 Å². The Morgan fingerprint density at radius 1 is 1.12 bits per heavy atom. The number of esters is 1. The second kappa shape index (κ2) is 7.59. The highest BCUT2D eigenvalue weighted by atomic mass is 16.7. The van der Waals surface area contributed by atoms with E-state index in [0.29, 0.717) is 5.75 Å². The van der Waals surface area contributed by atoms with Crippen molar-refractivity contribution in [2.45, 2.75) is 91.8 Å². The van der Waals surface area contributed by atoms with Gasteiger partial charge >= 0.3 is 5.97 Å². The maximum absolute atomic E-state index is 11.8. The van der Waals surface area contributed by atoms with Crippen LogP contribution in [0.3, 0.4) is 0 Å². The molecule has 0 spiro atoms. The van der Waals surface area contributed by atoms with E-state index >= 15 is 0 Å². The largest absolute Gasteiger partial charge is 0.465 e. The van der Waals surface area contributed by atoms with Gasteiger partial charge in [0.15, 0.2) is 6.29 Å². The summed E-state index contributed by atoms with van der Waals surface area (Å²) in [5, 5.41) is 0. The Bertz CT molecular complexity index is 656. The SMILES string of the molecule is CC(=O)Oc1c(C(C)(C)C)cc(OC2CCCCO2)c(C)c1C(C)(C)C. The van der Waals surface area contributed by atoms with Crippen LogP contribution in [0.25, 0.3) is 0 Å².